The zero-order valence-electron chi connectivity index (χ0n) is 14.6. The highest BCUT2D eigenvalue weighted by Gasteiger charge is 2.19. The zero-order valence-corrected chi connectivity index (χ0v) is 17.8. The first-order valence-corrected chi connectivity index (χ1v) is 9.18. The Bertz CT molecular complexity index is 689. The first-order chi connectivity index (χ1) is 11.0. The van der Waals surface area contributed by atoms with Gasteiger partial charge >= 0.3 is 0 Å². The lowest BCUT2D eigenvalue weighted by Gasteiger charge is -2.30. The highest BCUT2D eigenvalue weighted by atomic mass is 35.5. The topological polar surface area (TPSA) is 53.2 Å². The third-order valence-electron chi connectivity index (χ3n) is 4.10. The van der Waals surface area contributed by atoms with Crippen LogP contribution in [0, 0.1) is 0 Å². The Balaban J connectivity index is 0.00000156. The summed E-state index contributed by atoms with van der Waals surface area (Å²) in [4.78, 5) is 10.4. The van der Waals surface area contributed by atoms with Crippen LogP contribution in [0.2, 0.25) is 5.02 Å². The van der Waals surface area contributed by atoms with Crippen molar-refractivity contribution in [1.82, 2.24) is 15.3 Å². The number of nitrogens with zero attached hydrogens (tertiary/aromatic N) is 2. The van der Waals surface area contributed by atoms with E-state index in [0.29, 0.717) is 0 Å². The minimum absolute atomic E-state index is 0. The number of aromatic nitrogens is 2. The standard InChI is InChI=1S/C16H23ClN4OS.2ClH/c1-16(2,22-3)10-23-15-19-12-8-11(17)14(9-13(12)20-15)21-6-4-18-5-7-21;;/h8-9,18H,4-7,10H2,1-3H3,(H,19,20);2*1H. The van der Waals surface area contributed by atoms with E-state index in [9.17, 15) is 0 Å². The molecule has 0 aliphatic carbocycles. The van der Waals surface area contributed by atoms with Crippen LogP contribution >= 0.6 is 48.2 Å². The van der Waals surface area contributed by atoms with Gasteiger partial charge in [-0.05, 0) is 26.0 Å². The van der Waals surface area contributed by atoms with Crippen molar-refractivity contribution in [2.75, 3.05) is 43.9 Å². The van der Waals surface area contributed by atoms with E-state index in [2.05, 4.69) is 35.1 Å². The molecule has 2 heterocycles. The lowest BCUT2D eigenvalue weighted by molar-refractivity contribution is 0.0440. The van der Waals surface area contributed by atoms with Crippen molar-refractivity contribution in [3.05, 3.63) is 17.2 Å². The third kappa shape index (κ3) is 5.55. The number of piperazine rings is 1. The number of methoxy groups -OCH3 is 1. The number of thioether (sulfide) groups is 1. The molecule has 0 saturated carbocycles. The van der Waals surface area contributed by atoms with Crippen LogP contribution in [0.5, 0.6) is 0 Å². The van der Waals surface area contributed by atoms with Crippen LogP contribution in [0.1, 0.15) is 13.8 Å². The summed E-state index contributed by atoms with van der Waals surface area (Å²) in [5, 5.41) is 5.04. The van der Waals surface area contributed by atoms with Crippen molar-refractivity contribution >= 4 is 64.9 Å². The number of H-pyrrole nitrogens is 1. The van der Waals surface area contributed by atoms with E-state index in [-0.39, 0.29) is 30.4 Å². The molecule has 0 bridgehead atoms. The molecule has 1 aliphatic rings. The van der Waals surface area contributed by atoms with Gasteiger partial charge in [0.15, 0.2) is 5.16 Å². The molecule has 9 heteroatoms. The van der Waals surface area contributed by atoms with Crippen molar-refractivity contribution in [2.24, 2.45) is 0 Å². The molecule has 5 nitrogen and oxygen atoms in total. The molecular weight excluding hydrogens is 403 g/mol. The van der Waals surface area contributed by atoms with E-state index in [1.807, 2.05) is 6.07 Å². The second-order valence-corrected chi connectivity index (χ2v) is 7.72. The van der Waals surface area contributed by atoms with Crippen LogP contribution in [-0.2, 0) is 4.74 Å². The summed E-state index contributed by atoms with van der Waals surface area (Å²) in [5.41, 5.74) is 2.83. The van der Waals surface area contributed by atoms with E-state index < -0.39 is 0 Å². The number of benzene rings is 1. The van der Waals surface area contributed by atoms with Gasteiger partial charge in [0, 0.05) is 39.0 Å². The van der Waals surface area contributed by atoms with Gasteiger partial charge in [0.1, 0.15) is 0 Å². The Morgan fingerprint density at radius 3 is 2.60 bits per heavy atom. The Kier molecular flexibility index (Phi) is 8.64. The molecule has 3 rings (SSSR count). The van der Waals surface area contributed by atoms with Gasteiger partial charge in [-0.2, -0.15) is 0 Å². The van der Waals surface area contributed by atoms with Crippen LogP contribution in [0.15, 0.2) is 17.3 Å². The Hall–Kier alpha value is -0.370. The van der Waals surface area contributed by atoms with Gasteiger partial charge in [-0.15, -0.1) is 24.8 Å². The van der Waals surface area contributed by atoms with Gasteiger partial charge in [-0.1, -0.05) is 23.4 Å². The minimum atomic E-state index is -0.173. The summed E-state index contributed by atoms with van der Waals surface area (Å²) >= 11 is 8.15. The molecule has 142 valence electrons. The number of imidazole rings is 1. The van der Waals surface area contributed by atoms with Gasteiger partial charge in [0.2, 0.25) is 0 Å². The van der Waals surface area contributed by atoms with Crippen LogP contribution < -0.4 is 10.2 Å². The summed E-state index contributed by atoms with van der Waals surface area (Å²) in [6.45, 7) is 8.06. The molecule has 1 fully saturated rings. The predicted molar refractivity (Wildman–Crippen MR) is 112 cm³/mol. The average molecular weight is 428 g/mol. The molecule has 1 saturated heterocycles. The smallest absolute Gasteiger partial charge is 0.166 e. The monoisotopic (exact) mass is 426 g/mol. The summed E-state index contributed by atoms with van der Waals surface area (Å²) in [5.74, 6) is 0.835. The average Bonchev–Trinajstić information content (AvgIpc) is 2.95. The molecule has 0 amide bonds. The maximum absolute atomic E-state index is 6.48. The van der Waals surface area contributed by atoms with Gasteiger partial charge < -0.3 is 19.9 Å². The number of rotatable bonds is 5. The zero-order chi connectivity index (χ0) is 16.4. The SMILES string of the molecule is COC(C)(C)CSc1nc2cc(N3CCNCC3)c(Cl)cc2[nH]1.Cl.Cl. The Morgan fingerprint density at radius 1 is 1.28 bits per heavy atom. The molecule has 0 spiro atoms. The van der Waals surface area contributed by atoms with Crippen molar-refractivity contribution in [2.45, 2.75) is 24.6 Å². The molecule has 1 aromatic carbocycles. The van der Waals surface area contributed by atoms with Crippen LogP contribution in [0.3, 0.4) is 0 Å². The van der Waals surface area contributed by atoms with Crippen molar-refractivity contribution < 1.29 is 4.74 Å². The number of fused-ring (bicyclic) bond motifs is 1. The quantitative estimate of drug-likeness (QED) is 0.707. The largest absolute Gasteiger partial charge is 0.378 e. The van der Waals surface area contributed by atoms with E-state index in [4.69, 9.17) is 21.3 Å². The summed E-state index contributed by atoms with van der Waals surface area (Å²) in [6.07, 6.45) is 0. The third-order valence-corrected chi connectivity index (χ3v) is 5.70. The maximum Gasteiger partial charge on any atom is 0.166 e. The Morgan fingerprint density at radius 2 is 1.96 bits per heavy atom. The normalized spacial score (nSPS) is 15.0. The summed E-state index contributed by atoms with van der Waals surface area (Å²) in [7, 11) is 1.73. The second-order valence-electron chi connectivity index (χ2n) is 6.35. The molecule has 1 aliphatic heterocycles. The van der Waals surface area contributed by atoms with Crippen LogP contribution in [0.4, 0.5) is 5.69 Å². The van der Waals surface area contributed by atoms with Gasteiger partial charge in [-0.3, -0.25) is 0 Å². The number of hydrogen-bond donors (Lipinski definition) is 2. The lowest BCUT2D eigenvalue weighted by Crippen LogP contribution is -2.43. The number of anilines is 1. The first-order valence-electron chi connectivity index (χ1n) is 7.81. The number of halogens is 3. The maximum atomic E-state index is 6.48. The molecule has 25 heavy (non-hydrogen) atoms. The van der Waals surface area contributed by atoms with Crippen molar-refractivity contribution in [3.63, 3.8) is 0 Å². The molecule has 2 N–H and O–H groups in total. The molecule has 2 aromatic rings. The van der Waals surface area contributed by atoms with E-state index in [1.54, 1.807) is 18.9 Å². The number of aromatic amines is 1. The molecular formula is C16H25Cl3N4OS. The van der Waals surface area contributed by atoms with E-state index >= 15 is 0 Å². The minimum Gasteiger partial charge on any atom is -0.378 e. The first kappa shape index (κ1) is 22.7. The Labute approximate surface area is 170 Å². The summed E-state index contributed by atoms with van der Waals surface area (Å²) in [6, 6.07) is 4.07. The summed E-state index contributed by atoms with van der Waals surface area (Å²) < 4.78 is 5.45. The second kappa shape index (κ2) is 9.53. The molecule has 0 atom stereocenters. The molecule has 1 aromatic heterocycles. The van der Waals surface area contributed by atoms with Crippen molar-refractivity contribution in [3.8, 4) is 0 Å². The fourth-order valence-electron chi connectivity index (χ4n) is 2.51. The van der Waals surface area contributed by atoms with E-state index in [0.717, 1.165) is 58.8 Å². The number of hydrogen-bond acceptors (Lipinski definition) is 5. The van der Waals surface area contributed by atoms with Gasteiger partial charge in [0.25, 0.3) is 0 Å². The fraction of sp³-hybridized carbons (Fsp3) is 0.562. The van der Waals surface area contributed by atoms with Crippen LogP contribution in [0.25, 0.3) is 11.0 Å². The molecule has 0 unspecified atom stereocenters. The fourth-order valence-corrected chi connectivity index (χ4v) is 3.74. The van der Waals surface area contributed by atoms with E-state index in [1.165, 1.54) is 0 Å². The van der Waals surface area contributed by atoms with Gasteiger partial charge in [0.05, 0.1) is 27.3 Å². The van der Waals surface area contributed by atoms with Crippen LogP contribution in [-0.4, -0.2) is 54.6 Å². The predicted octanol–water partition coefficient (Wildman–Crippen LogP) is 3.99. The van der Waals surface area contributed by atoms with Crippen molar-refractivity contribution in [1.29, 1.82) is 0 Å². The number of ether oxygens (including phenoxy) is 1. The highest BCUT2D eigenvalue weighted by molar-refractivity contribution is 7.99. The highest BCUT2D eigenvalue weighted by Crippen LogP contribution is 2.32. The molecule has 0 radical (unpaired) electrons. The number of nitrogens with one attached hydrogen (secondary N) is 2. The lowest BCUT2D eigenvalue weighted by atomic mass is 10.2. The van der Waals surface area contributed by atoms with Gasteiger partial charge in [-0.25, -0.2) is 4.98 Å².